The van der Waals surface area contributed by atoms with Crippen molar-refractivity contribution >= 4 is 38.2 Å². The molecular formula is C11H8ClNOS2. The van der Waals surface area contributed by atoms with Gasteiger partial charge in [-0.05, 0) is 23.8 Å². The van der Waals surface area contributed by atoms with Crippen LogP contribution in [-0.4, -0.2) is 5.91 Å². The quantitative estimate of drug-likeness (QED) is 0.728. The minimum atomic E-state index is -0.170. The van der Waals surface area contributed by atoms with Crippen LogP contribution in [0.4, 0.5) is 0 Å². The largest absolute Gasteiger partial charge is 0.273 e. The van der Waals surface area contributed by atoms with Crippen molar-refractivity contribution in [3.63, 3.8) is 0 Å². The molecule has 1 heterocycles. The molecule has 0 radical (unpaired) electrons. The maximum atomic E-state index is 10.8. The summed E-state index contributed by atoms with van der Waals surface area (Å²) >= 11 is 5.82. The predicted molar refractivity (Wildman–Crippen MR) is 68.9 cm³/mol. The summed E-state index contributed by atoms with van der Waals surface area (Å²) in [5.74, 6) is -0.170. The first-order valence-corrected chi connectivity index (χ1v) is 7.09. The first kappa shape index (κ1) is 11.5. The summed E-state index contributed by atoms with van der Waals surface area (Å²) in [5, 5.41) is 0.720. The molecule has 0 aliphatic heterocycles. The van der Waals surface area contributed by atoms with Crippen molar-refractivity contribution in [2.45, 2.75) is 6.92 Å². The number of rotatable bonds is 1. The molecule has 0 aliphatic carbocycles. The smallest absolute Gasteiger partial charge is 0.243 e. The van der Waals surface area contributed by atoms with E-state index in [4.69, 9.17) is 11.6 Å². The van der Waals surface area contributed by atoms with Gasteiger partial charge in [0.1, 0.15) is 4.67 Å². The molecule has 0 saturated heterocycles. The van der Waals surface area contributed by atoms with Gasteiger partial charge in [-0.3, -0.25) is 4.79 Å². The van der Waals surface area contributed by atoms with Gasteiger partial charge in [0.2, 0.25) is 5.91 Å². The zero-order valence-electron chi connectivity index (χ0n) is 8.44. The second-order valence-electron chi connectivity index (χ2n) is 3.15. The Morgan fingerprint density at radius 3 is 2.56 bits per heavy atom. The van der Waals surface area contributed by atoms with Gasteiger partial charge in [0.05, 0.1) is 0 Å². The summed E-state index contributed by atoms with van der Waals surface area (Å²) in [6.45, 7) is 1.45. The van der Waals surface area contributed by atoms with Crippen molar-refractivity contribution in [1.29, 1.82) is 0 Å². The molecule has 16 heavy (non-hydrogen) atoms. The molecule has 1 aromatic heterocycles. The standard InChI is InChI=1S/C11H8ClNOS2/c1-7(14)13-11-6-10(15-16-11)8-2-4-9(12)5-3-8/h2-6H,1H3. The Morgan fingerprint density at radius 1 is 1.25 bits per heavy atom. The molecule has 0 N–H and O–H groups in total. The van der Waals surface area contributed by atoms with E-state index in [2.05, 4.69) is 4.99 Å². The minimum Gasteiger partial charge on any atom is -0.273 e. The fourth-order valence-corrected chi connectivity index (χ4v) is 3.51. The Hall–Kier alpha value is -0.970. The van der Waals surface area contributed by atoms with Crippen molar-refractivity contribution in [2.75, 3.05) is 0 Å². The molecule has 0 spiro atoms. The lowest BCUT2D eigenvalue weighted by Gasteiger charge is -1.95. The Bertz CT molecular complexity index is 568. The van der Waals surface area contributed by atoms with E-state index in [0.29, 0.717) is 0 Å². The topological polar surface area (TPSA) is 29.4 Å². The molecule has 2 rings (SSSR count). The Kier molecular flexibility index (Phi) is 3.53. The average molecular weight is 270 g/mol. The van der Waals surface area contributed by atoms with E-state index in [1.54, 1.807) is 10.3 Å². The molecule has 82 valence electrons. The number of amides is 1. The van der Waals surface area contributed by atoms with Gasteiger partial charge < -0.3 is 0 Å². The number of benzene rings is 1. The highest BCUT2D eigenvalue weighted by atomic mass is 35.5. The van der Waals surface area contributed by atoms with Crippen LogP contribution in [0.2, 0.25) is 5.02 Å². The van der Waals surface area contributed by atoms with Gasteiger partial charge in [-0.25, -0.2) is 4.99 Å². The summed E-state index contributed by atoms with van der Waals surface area (Å²) in [6.07, 6.45) is 0. The molecule has 0 atom stereocenters. The van der Waals surface area contributed by atoms with Crippen LogP contribution in [-0.2, 0) is 4.79 Å². The van der Waals surface area contributed by atoms with Gasteiger partial charge in [-0.2, -0.15) is 0 Å². The van der Waals surface area contributed by atoms with Crippen LogP contribution in [0.15, 0.2) is 35.3 Å². The Balaban J connectivity index is 2.39. The summed E-state index contributed by atoms with van der Waals surface area (Å²) in [7, 11) is 3.10. The first-order valence-electron chi connectivity index (χ1n) is 4.56. The van der Waals surface area contributed by atoms with E-state index in [-0.39, 0.29) is 5.91 Å². The van der Waals surface area contributed by atoms with Crippen LogP contribution in [0.3, 0.4) is 0 Å². The van der Waals surface area contributed by atoms with Crippen LogP contribution < -0.4 is 4.67 Å². The molecule has 0 fully saturated rings. The Labute approximate surface area is 105 Å². The second kappa shape index (κ2) is 4.91. The van der Waals surface area contributed by atoms with Gasteiger partial charge in [0.15, 0.2) is 0 Å². The maximum Gasteiger partial charge on any atom is 0.243 e. The highest BCUT2D eigenvalue weighted by Gasteiger charge is 2.01. The van der Waals surface area contributed by atoms with Gasteiger partial charge in [-0.1, -0.05) is 44.4 Å². The average Bonchev–Trinajstić information content (AvgIpc) is 2.66. The zero-order valence-corrected chi connectivity index (χ0v) is 10.8. The van der Waals surface area contributed by atoms with E-state index >= 15 is 0 Å². The van der Waals surface area contributed by atoms with E-state index in [0.717, 1.165) is 20.1 Å². The molecular weight excluding hydrogens is 262 g/mol. The van der Waals surface area contributed by atoms with Gasteiger partial charge in [0, 0.05) is 16.8 Å². The highest BCUT2D eigenvalue weighted by molar-refractivity contribution is 7.69. The lowest BCUT2D eigenvalue weighted by Crippen LogP contribution is -1.95. The van der Waals surface area contributed by atoms with Crippen LogP contribution in [0.5, 0.6) is 0 Å². The third-order valence-corrected chi connectivity index (χ3v) is 4.42. The zero-order chi connectivity index (χ0) is 11.5. The normalized spacial score (nSPS) is 11.8. The third kappa shape index (κ3) is 2.78. The number of hydrogen-bond acceptors (Lipinski definition) is 3. The SMILES string of the molecule is CC(=O)N=c1cc(-c2ccc(Cl)cc2)ss1. The first-order chi connectivity index (χ1) is 7.65. The second-order valence-corrected chi connectivity index (χ2v) is 5.78. The van der Waals surface area contributed by atoms with Gasteiger partial charge in [-0.15, -0.1) is 0 Å². The number of hydrogen-bond donors (Lipinski definition) is 0. The van der Waals surface area contributed by atoms with Gasteiger partial charge in [0.25, 0.3) is 0 Å². The van der Waals surface area contributed by atoms with Crippen molar-refractivity contribution in [2.24, 2.45) is 4.99 Å². The highest BCUT2D eigenvalue weighted by Crippen LogP contribution is 2.26. The monoisotopic (exact) mass is 269 g/mol. The lowest BCUT2D eigenvalue weighted by atomic mass is 10.2. The molecule has 1 aromatic carbocycles. The number of nitrogens with zero attached hydrogens (tertiary/aromatic N) is 1. The fraction of sp³-hybridized carbons (Fsp3) is 0.0909. The molecule has 2 nitrogen and oxygen atoms in total. The van der Waals surface area contributed by atoms with Crippen molar-refractivity contribution < 1.29 is 4.79 Å². The van der Waals surface area contributed by atoms with Crippen LogP contribution in [0, 0.1) is 0 Å². The summed E-state index contributed by atoms with van der Waals surface area (Å²) in [4.78, 5) is 15.8. The van der Waals surface area contributed by atoms with Gasteiger partial charge >= 0.3 is 0 Å². The van der Waals surface area contributed by atoms with Crippen LogP contribution >= 0.6 is 32.3 Å². The molecule has 5 heteroatoms. The number of carbonyl (C=O) groups excluding carboxylic acids is 1. The maximum absolute atomic E-state index is 10.8. The predicted octanol–water partition coefficient (Wildman–Crippen LogP) is 3.58. The number of halogens is 1. The molecule has 1 amide bonds. The van der Waals surface area contributed by atoms with E-state index in [1.807, 2.05) is 30.3 Å². The molecule has 0 unspecified atom stereocenters. The molecule has 0 bridgehead atoms. The minimum absolute atomic E-state index is 0.170. The molecule has 0 saturated carbocycles. The fourth-order valence-electron chi connectivity index (χ4n) is 1.20. The third-order valence-electron chi connectivity index (χ3n) is 1.87. The summed E-state index contributed by atoms with van der Waals surface area (Å²) in [5.41, 5.74) is 1.09. The van der Waals surface area contributed by atoms with E-state index < -0.39 is 0 Å². The van der Waals surface area contributed by atoms with E-state index in [1.165, 1.54) is 17.3 Å². The lowest BCUT2D eigenvalue weighted by molar-refractivity contribution is -0.116. The molecule has 2 aromatic rings. The summed E-state index contributed by atoms with van der Waals surface area (Å²) < 4.78 is 0.752. The van der Waals surface area contributed by atoms with Crippen LogP contribution in [0.25, 0.3) is 10.4 Å². The van der Waals surface area contributed by atoms with Crippen molar-refractivity contribution in [3.05, 3.63) is 40.0 Å². The Morgan fingerprint density at radius 2 is 1.94 bits per heavy atom. The molecule has 0 aliphatic rings. The van der Waals surface area contributed by atoms with Crippen LogP contribution in [0.1, 0.15) is 6.92 Å². The van der Waals surface area contributed by atoms with Crippen molar-refractivity contribution in [1.82, 2.24) is 0 Å². The summed E-state index contributed by atoms with van der Waals surface area (Å²) in [6, 6.07) is 9.53. The van der Waals surface area contributed by atoms with E-state index in [9.17, 15) is 4.79 Å². The number of carbonyl (C=O) groups is 1. The van der Waals surface area contributed by atoms with Crippen molar-refractivity contribution in [3.8, 4) is 10.4 Å².